The average molecular weight is 592 g/mol. The molecule has 10 nitrogen and oxygen atoms in total. The zero-order chi connectivity index (χ0) is 26.0. The van der Waals surface area contributed by atoms with E-state index in [4.69, 9.17) is 18.9 Å². The van der Waals surface area contributed by atoms with Crippen LogP contribution in [0.1, 0.15) is 5.56 Å². The summed E-state index contributed by atoms with van der Waals surface area (Å²) >= 11 is 3.40. The highest BCUT2D eigenvalue weighted by atomic mass is 79.9. The number of carbonyl (C=O) groups is 1. The molecule has 3 aromatic carbocycles. The SMILES string of the molecule is O=C(CN(c1ccc(F)cc1)S(=O)(=O)c1ccc2c(c1)OCCO2)N/N=C\c1cc2c(cc1Br)OCO2. The summed E-state index contributed by atoms with van der Waals surface area (Å²) < 4.78 is 63.8. The molecule has 0 atom stereocenters. The van der Waals surface area contributed by atoms with Gasteiger partial charge >= 0.3 is 0 Å². The molecular formula is C24H19BrFN3O7S. The Morgan fingerprint density at radius 3 is 2.41 bits per heavy atom. The molecule has 3 aromatic rings. The van der Waals surface area contributed by atoms with Gasteiger partial charge in [-0.25, -0.2) is 18.2 Å². The van der Waals surface area contributed by atoms with Crippen molar-refractivity contribution in [3.8, 4) is 23.0 Å². The van der Waals surface area contributed by atoms with Crippen LogP contribution in [-0.2, 0) is 14.8 Å². The van der Waals surface area contributed by atoms with Gasteiger partial charge in [-0.05, 0) is 64.5 Å². The van der Waals surface area contributed by atoms with Crippen molar-refractivity contribution in [1.29, 1.82) is 0 Å². The molecule has 0 saturated carbocycles. The molecule has 0 radical (unpaired) electrons. The number of sulfonamides is 1. The van der Waals surface area contributed by atoms with Gasteiger partial charge in [0.2, 0.25) is 6.79 Å². The highest BCUT2D eigenvalue weighted by Crippen LogP contribution is 2.36. The maximum Gasteiger partial charge on any atom is 0.264 e. The topological polar surface area (TPSA) is 116 Å². The number of carbonyl (C=O) groups excluding carboxylic acids is 1. The monoisotopic (exact) mass is 591 g/mol. The van der Waals surface area contributed by atoms with Crippen molar-refractivity contribution in [1.82, 2.24) is 5.43 Å². The highest BCUT2D eigenvalue weighted by molar-refractivity contribution is 9.10. The summed E-state index contributed by atoms with van der Waals surface area (Å²) in [4.78, 5) is 12.6. The third-order valence-electron chi connectivity index (χ3n) is 5.39. The van der Waals surface area contributed by atoms with E-state index in [9.17, 15) is 17.6 Å². The van der Waals surface area contributed by atoms with Gasteiger partial charge in [0, 0.05) is 16.1 Å². The predicted octanol–water partition coefficient (Wildman–Crippen LogP) is 3.43. The Kier molecular flexibility index (Phi) is 6.89. The quantitative estimate of drug-likeness (QED) is 0.330. The number of rotatable bonds is 7. The van der Waals surface area contributed by atoms with E-state index in [1.54, 1.807) is 12.1 Å². The van der Waals surface area contributed by atoms with E-state index in [0.717, 1.165) is 16.4 Å². The lowest BCUT2D eigenvalue weighted by Crippen LogP contribution is -2.39. The van der Waals surface area contributed by atoms with Crippen LogP contribution in [0.3, 0.4) is 0 Å². The summed E-state index contributed by atoms with van der Waals surface area (Å²) in [6, 6.07) is 12.3. The molecule has 0 unspecified atom stereocenters. The predicted molar refractivity (Wildman–Crippen MR) is 134 cm³/mol. The summed E-state index contributed by atoms with van der Waals surface area (Å²) in [5.41, 5.74) is 3.02. The smallest absolute Gasteiger partial charge is 0.264 e. The standard InChI is InChI=1S/C24H19BrFN3O7S/c25-19-11-23-21(35-14-36-23)9-15(19)12-27-28-24(30)13-29(17-3-1-16(26)2-4-17)37(31,32)18-5-6-20-22(10-18)34-8-7-33-20/h1-6,9-12H,7-8,13-14H2,(H,28,30)/b27-12-. The number of hydrazone groups is 1. The third kappa shape index (κ3) is 5.32. The van der Waals surface area contributed by atoms with Gasteiger partial charge in [0.25, 0.3) is 15.9 Å². The Morgan fingerprint density at radius 1 is 0.973 bits per heavy atom. The Labute approximate surface area is 219 Å². The van der Waals surface area contributed by atoms with Crippen molar-refractivity contribution >= 4 is 43.8 Å². The van der Waals surface area contributed by atoms with Crippen molar-refractivity contribution in [3.63, 3.8) is 0 Å². The van der Waals surface area contributed by atoms with E-state index in [0.29, 0.717) is 33.9 Å². The van der Waals surface area contributed by atoms with E-state index in [1.165, 1.54) is 36.5 Å². The summed E-state index contributed by atoms with van der Waals surface area (Å²) in [6.07, 6.45) is 1.38. The van der Waals surface area contributed by atoms with E-state index < -0.39 is 28.3 Å². The minimum atomic E-state index is -4.26. The molecule has 0 fully saturated rings. The third-order valence-corrected chi connectivity index (χ3v) is 7.84. The number of fused-ring (bicyclic) bond motifs is 2. The van der Waals surface area contributed by atoms with Crippen molar-refractivity contribution in [3.05, 3.63) is 70.5 Å². The number of anilines is 1. The van der Waals surface area contributed by atoms with Crippen LogP contribution in [0.5, 0.6) is 23.0 Å². The number of ether oxygens (including phenoxy) is 4. The molecule has 0 bridgehead atoms. The molecule has 2 aliphatic rings. The Morgan fingerprint density at radius 2 is 1.65 bits per heavy atom. The van der Waals surface area contributed by atoms with Crippen LogP contribution in [0.15, 0.2) is 69.1 Å². The molecule has 2 heterocycles. The maximum atomic E-state index is 13.6. The number of hydrogen-bond donors (Lipinski definition) is 1. The molecule has 0 spiro atoms. The molecule has 5 rings (SSSR count). The second-order valence-electron chi connectivity index (χ2n) is 7.81. The normalized spacial score (nSPS) is 14.0. The van der Waals surface area contributed by atoms with Gasteiger partial charge in [-0.3, -0.25) is 9.10 Å². The first-order chi connectivity index (χ1) is 17.8. The molecule has 1 N–H and O–H groups in total. The number of nitrogens with one attached hydrogen (secondary N) is 1. The molecule has 37 heavy (non-hydrogen) atoms. The van der Waals surface area contributed by atoms with E-state index >= 15 is 0 Å². The Balaban J connectivity index is 1.38. The molecule has 1 amide bonds. The number of hydrogen-bond acceptors (Lipinski definition) is 8. The molecule has 0 aromatic heterocycles. The summed E-state index contributed by atoms with van der Waals surface area (Å²) in [5, 5.41) is 3.93. The van der Waals surface area contributed by atoms with Gasteiger partial charge in [0.1, 0.15) is 25.6 Å². The fourth-order valence-electron chi connectivity index (χ4n) is 3.61. The summed E-state index contributed by atoms with van der Waals surface area (Å²) in [5.74, 6) is 0.522. The van der Waals surface area contributed by atoms with Gasteiger partial charge in [-0.1, -0.05) is 0 Å². The number of halogens is 2. The van der Waals surface area contributed by atoms with Crippen molar-refractivity contribution in [2.24, 2.45) is 5.10 Å². The van der Waals surface area contributed by atoms with E-state index in [-0.39, 0.29) is 29.7 Å². The minimum Gasteiger partial charge on any atom is -0.486 e. The lowest BCUT2D eigenvalue weighted by atomic mass is 10.2. The molecule has 0 saturated heterocycles. The molecule has 2 aliphatic heterocycles. The van der Waals surface area contributed by atoms with Crippen molar-refractivity contribution < 1.29 is 36.6 Å². The van der Waals surface area contributed by atoms with Crippen LogP contribution in [-0.4, -0.2) is 47.1 Å². The number of amides is 1. The van der Waals surface area contributed by atoms with Crippen LogP contribution in [0.25, 0.3) is 0 Å². The Bertz CT molecular complexity index is 1480. The van der Waals surface area contributed by atoms with Gasteiger partial charge in [0.15, 0.2) is 23.0 Å². The number of benzene rings is 3. The summed E-state index contributed by atoms with van der Waals surface area (Å²) in [7, 11) is -4.26. The van der Waals surface area contributed by atoms with Gasteiger partial charge < -0.3 is 18.9 Å². The van der Waals surface area contributed by atoms with Gasteiger partial charge in [0.05, 0.1) is 16.8 Å². The first-order valence-electron chi connectivity index (χ1n) is 10.9. The van der Waals surface area contributed by atoms with Crippen LogP contribution in [0.2, 0.25) is 0 Å². The average Bonchev–Trinajstić information content (AvgIpc) is 3.34. The van der Waals surface area contributed by atoms with E-state index in [2.05, 4.69) is 26.5 Å². The largest absolute Gasteiger partial charge is 0.486 e. The second kappa shape index (κ2) is 10.3. The first kappa shape index (κ1) is 24.8. The molecular weight excluding hydrogens is 573 g/mol. The minimum absolute atomic E-state index is 0.0916. The molecule has 0 aliphatic carbocycles. The molecule has 13 heteroatoms. The van der Waals surface area contributed by atoms with Crippen molar-refractivity contribution in [2.75, 3.05) is 30.9 Å². The van der Waals surface area contributed by atoms with Crippen LogP contribution in [0, 0.1) is 5.82 Å². The van der Waals surface area contributed by atoms with Gasteiger partial charge in [-0.2, -0.15) is 5.10 Å². The maximum absolute atomic E-state index is 13.6. The first-order valence-corrected chi connectivity index (χ1v) is 13.1. The summed E-state index contributed by atoms with van der Waals surface area (Å²) in [6.45, 7) is 0.112. The Hall–Kier alpha value is -3.84. The molecule has 192 valence electrons. The van der Waals surface area contributed by atoms with Gasteiger partial charge in [-0.15, -0.1) is 0 Å². The lowest BCUT2D eigenvalue weighted by Gasteiger charge is -2.25. The zero-order valence-corrected chi connectivity index (χ0v) is 21.4. The van der Waals surface area contributed by atoms with Crippen LogP contribution < -0.4 is 28.7 Å². The second-order valence-corrected chi connectivity index (χ2v) is 10.5. The van der Waals surface area contributed by atoms with Crippen LogP contribution in [0.4, 0.5) is 10.1 Å². The highest BCUT2D eigenvalue weighted by Gasteiger charge is 2.29. The fourth-order valence-corrected chi connectivity index (χ4v) is 5.47. The van der Waals surface area contributed by atoms with Crippen LogP contribution >= 0.6 is 15.9 Å². The lowest BCUT2D eigenvalue weighted by molar-refractivity contribution is -0.119. The van der Waals surface area contributed by atoms with E-state index in [1.807, 2.05) is 0 Å². The fraction of sp³-hybridized carbons (Fsp3) is 0.167. The number of nitrogens with zero attached hydrogens (tertiary/aromatic N) is 2. The van der Waals surface area contributed by atoms with Crippen molar-refractivity contribution in [2.45, 2.75) is 4.90 Å². The zero-order valence-electron chi connectivity index (χ0n) is 19.0.